The van der Waals surface area contributed by atoms with Crippen LogP contribution in [0.1, 0.15) is 50.8 Å². The Morgan fingerprint density at radius 3 is 2.31 bits per heavy atom. The molecule has 166 valence electrons. The zero-order valence-electron chi connectivity index (χ0n) is 18.1. The predicted molar refractivity (Wildman–Crippen MR) is 120 cm³/mol. The van der Waals surface area contributed by atoms with Crippen molar-refractivity contribution in [3.63, 3.8) is 0 Å². The summed E-state index contributed by atoms with van der Waals surface area (Å²) in [6, 6.07) is 13.6. The molecular formula is C25H26N2O5. The number of nitrogens with one attached hydrogen (secondary N) is 1. The summed E-state index contributed by atoms with van der Waals surface area (Å²) in [5.41, 5.74) is 2.44. The number of hydrogen-bond acceptors (Lipinski definition) is 7. The summed E-state index contributed by atoms with van der Waals surface area (Å²) in [5, 5.41) is 3.14. The lowest BCUT2D eigenvalue weighted by Gasteiger charge is -2.34. The number of ketones is 2. The van der Waals surface area contributed by atoms with Gasteiger partial charge >= 0.3 is 5.97 Å². The number of hydrogen-bond donors (Lipinski definition) is 1. The number of carbonyl (C=O) groups excluding carboxylic acids is 3. The van der Waals surface area contributed by atoms with Gasteiger partial charge in [0.1, 0.15) is 11.4 Å². The Morgan fingerprint density at radius 1 is 1.00 bits per heavy atom. The standard InChI is InChI=1S/C25H26N2O5/c1-2-3-14-32-25(30)17-8-10-18(11-9-17)26-21-22(27-12-15-31-16-13-27)24(29)20-7-5-4-6-19(20)23(21)28/h4-11,26H,2-3,12-16H2,1H3. The largest absolute Gasteiger partial charge is 0.462 e. The number of benzene rings is 2. The molecule has 0 atom stereocenters. The molecule has 0 bridgehead atoms. The van der Waals surface area contributed by atoms with Crippen molar-refractivity contribution in [3.05, 3.63) is 76.6 Å². The number of esters is 1. The lowest BCUT2D eigenvalue weighted by Crippen LogP contribution is -2.42. The molecule has 0 radical (unpaired) electrons. The molecule has 0 aromatic heterocycles. The minimum absolute atomic E-state index is 0.180. The van der Waals surface area contributed by atoms with E-state index < -0.39 is 0 Å². The van der Waals surface area contributed by atoms with E-state index in [9.17, 15) is 14.4 Å². The zero-order chi connectivity index (χ0) is 22.5. The van der Waals surface area contributed by atoms with Crippen LogP contribution in [0.15, 0.2) is 59.9 Å². The highest BCUT2D eigenvalue weighted by Gasteiger charge is 2.35. The average Bonchev–Trinajstić information content (AvgIpc) is 2.83. The summed E-state index contributed by atoms with van der Waals surface area (Å²) in [7, 11) is 0. The van der Waals surface area contributed by atoms with E-state index in [1.165, 1.54) is 0 Å². The first-order chi connectivity index (χ1) is 15.6. The fraction of sp³-hybridized carbons (Fsp3) is 0.320. The Morgan fingerprint density at radius 2 is 1.66 bits per heavy atom. The van der Waals surface area contributed by atoms with Crippen molar-refractivity contribution in [2.75, 3.05) is 38.2 Å². The van der Waals surface area contributed by atoms with Crippen LogP contribution >= 0.6 is 0 Å². The van der Waals surface area contributed by atoms with E-state index in [0.717, 1.165) is 12.8 Å². The molecule has 0 amide bonds. The van der Waals surface area contributed by atoms with Gasteiger partial charge in [-0.05, 0) is 30.7 Å². The van der Waals surface area contributed by atoms with Crippen molar-refractivity contribution in [2.24, 2.45) is 0 Å². The normalized spacial score (nSPS) is 16.1. The first-order valence-electron chi connectivity index (χ1n) is 10.9. The second-order valence-corrected chi connectivity index (χ2v) is 7.72. The van der Waals surface area contributed by atoms with Crippen LogP contribution in [0.25, 0.3) is 0 Å². The summed E-state index contributed by atoms with van der Waals surface area (Å²) in [6.45, 7) is 4.48. The maximum Gasteiger partial charge on any atom is 0.338 e. The second kappa shape index (κ2) is 9.78. The van der Waals surface area contributed by atoms with Gasteiger partial charge in [0.25, 0.3) is 0 Å². The van der Waals surface area contributed by atoms with Crippen molar-refractivity contribution in [2.45, 2.75) is 19.8 Å². The Hall–Kier alpha value is -3.45. The maximum atomic E-state index is 13.3. The third-order valence-electron chi connectivity index (χ3n) is 5.54. The number of carbonyl (C=O) groups is 3. The Bertz CT molecular complexity index is 1050. The molecule has 1 aliphatic carbocycles. The van der Waals surface area contributed by atoms with Crippen molar-refractivity contribution in [3.8, 4) is 0 Å². The van der Waals surface area contributed by atoms with Crippen molar-refractivity contribution < 1.29 is 23.9 Å². The van der Waals surface area contributed by atoms with Gasteiger partial charge < -0.3 is 19.7 Å². The molecule has 1 fully saturated rings. The van der Waals surface area contributed by atoms with Crippen LogP contribution in [0.3, 0.4) is 0 Å². The molecule has 2 aromatic carbocycles. The number of fused-ring (bicyclic) bond motifs is 1. The average molecular weight is 434 g/mol. The number of allylic oxidation sites excluding steroid dienone is 2. The zero-order valence-corrected chi connectivity index (χ0v) is 18.1. The van der Waals surface area contributed by atoms with E-state index in [2.05, 4.69) is 5.32 Å². The molecule has 1 aliphatic heterocycles. The van der Waals surface area contributed by atoms with Gasteiger partial charge in [-0.15, -0.1) is 0 Å². The van der Waals surface area contributed by atoms with Gasteiger partial charge in [0.05, 0.1) is 25.4 Å². The van der Waals surface area contributed by atoms with Gasteiger partial charge in [-0.2, -0.15) is 0 Å². The van der Waals surface area contributed by atoms with Gasteiger partial charge in [0.2, 0.25) is 11.6 Å². The number of rotatable bonds is 7. The molecule has 7 heteroatoms. The number of nitrogens with zero attached hydrogens (tertiary/aromatic N) is 1. The van der Waals surface area contributed by atoms with E-state index in [1.54, 1.807) is 48.5 Å². The van der Waals surface area contributed by atoms with Crippen molar-refractivity contribution >= 4 is 23.2 Å². The molecule has 2 aromatic rings. The highest BCUT2D eigenvalue weighted by Crippen LogP contribution is 2.30. The first-order valence-corrected chi connectivity index (χ1v) is 10.9. The SMILES string of the molecule is CCCCOC(=O)c1ccc(NC2=C(N3CCOCC3)C(=O)c3ccccc3C2=O)cc1. The number of Topliss-reactive ketones (excluding diaryl/α,β-unsaturated/α-hetero) is 2. The van der Waals surface area contributed by atoms with Crippen molar-refractivity contribution in [1.29, 1.82) is 0 Å². The van der Waals surface area contributed by atoms with E-state index in [-0.39, 0.29) is 23.2 Å². The van der Waals surface area contributed by atoms with E-state index in [0.29, 0.717) is 61.0 Å². The molecule has 0 spiro atoms. The summed E-state index contributed by atoms with van der Waals surface area (Å²) >= 11 is 0. The van der Waals surface area contributed by atoms with E-state index in [1.807, 2.05) is 11.8 Å². The Labute approximate surface area is 187 Å². The van der Waals surface area contributed by atoms with Gasteiger partial charge in [-0.25, -0.2) is 4.79 Å². The van der Waals surface area contributed by atoms with Crippen LogP contribution in [0.4, 0.5) is 5.69 Å². The topological polar surface area (TPSA) is 84.9 Å². The Balaban J connectivity index is 1.62. The third kappa shape index (κ3) is 4.43. The summed E-state index contributed by atoms with van der Waals surface area (Å²) in [5.74, 6) is -0.790. The van der Waals surface area contributed by atoms with Gasteiger partial charge in [-0.1, -0.05) is 37.6 Å². The number of unbranched alkanes of at least 4 members (excludes halogenated alkanes) is 1. The quantitative estimate of drug-likeness (QED) is 0.526. The highest BCUT2D eigenvalue weighted by atomic mass is 16.5. The van der Waals surface area contributed by atoms with E-state index >= 15 is 0 Å². The number of ether oxygens (including phenoxy) is 2. The summed E-state index contributed by atoms with van der Waals surface area (Å²) in [6.07, 6.45) is 1.77. The number of anilines is 1. The van der Waals surface area contributed by atoms with Crippen LogP contribution in [-0.4, -0.2) is 55.3 Å². The van der Waals surface area contributed by atoms with Crippen LogP contribution < -0.4 is 5.32 Å². The molecule has 4 rings (SSSR count). The fourth-order valence-electron chi connectivity index (χ4n) is 3.79. The summed E-state index contributed by atoms with van der Waals surface area (Å²) in [4.78, 5) is 40.7. The lowest BCUT2D eigenvalue weighted by molar-refractivity contribution is 0.0494. The van der Waals surface area contributed by atoms with Crippen LogP contribution in [0.5, 0.6) is 0 Å². The monoisotopic (exact) mass is 434 g/mol. The third-order valence-corrected chi connectivity index (χ3v) is 5.54. The molecule has 0 saturated carbocycles. The van der Waals surface area contributed by atoms with Crippen LogP contribution in [-0.2, 0) is 9.47 Å². The van der Waals surface area contributed by atoms with Gasteiger partial charge in [-0.3, -0.25) is 9.59 Å². The Kier molecular flexibility index (Phi) is 6.66. The number of morpholine rings is 1. The summed E-state index contributed by atoms with van der Waals surface area (Å²) < 4.78 is 10.7. The molecule has 7 nitrogen and oxygen atoms in total. The minimum Gasteiger partial charge on any atom is -0.462 e. The van der Waals surface area contributed by atoms with Gasteiger partial charge in [0, 0.05) is 29.9 Å². The minimum atomic E-state index is -0.379. The van der Waals surface area contributed by atoms with Crippen molar-refractivity contribution in [1.82, 2.24) is 4.90 Å². The molecule has 2 aliphatic rings. The smallest absolute Gasteiger partial charge is 0.338 e. The molecule has 32 heavy (non-hydrogen) atoms. The maximum absolute atomic E-state index is 13.3. The first kappa shape index (κ1) is 21.8. The van der Waals surface area contributed by atoms with E-state index in [4.69, 9.17) is 9.47 Å². The van der Waals surface area contributed by atoms with Gasteiger partial charge in [0.15, 0.2) is 0 Å². The van der Waals surface area contributed by atoms with Crippen LogP contribution in [0, 0.1) is 0 Å². The molecule has 1 heterocycles. The molecular weight excluding hydrogens is 408 g/mol. The molecule has 1 N–H and O–H groups in total. The highest BCUT2D eigenvalue weighted by molar-refractivity contribution is 6.27. The molecule has 0 unspecified atom stereocenters. The second-order valence-electron chi connectivity index (χ2n) is 7.72. The lowest BCUT2D eigenvalue weighted by atomic mass is 9.89. The molecule has 1 saturated heterocycles. The predicted octanol–water partition coefficient (Wildman–Crippen LogP) is 3.68. The van der Waals surface area contributed by atoms with Crippen LogP contribution in [0.2, 0.25) is 0 Å². The fourth-order valence-corrected chi connectivity index (χ4v) is 3.79.